The molecule has 2 aromatic carbocycles. The summed E-state index contributed by atoms with van der Waals surface area (Å²) in [6, 6.07) is 17.3. The average Bonchev–Trinajstić information content (AvgIpc) is 2.47. The van der Waals surface area contributed by atoms with E-state index < -0.39 is 0 Å². The van der Waals surface area contributed by atoms with Gasteiger partial charge in [-0.15, -0.1) is 0 Å². The standard InChI is InChI=1S/C16H18N2O2/c1-20-12-13-6-5-9-15(10-13)18-16(19)11-17-14-7-3-2-4-8-14/h2-10,17H,11-12H2,1H3,(H,18,19). The van der Waals surface area contributed by atoms with Crippen LogP contribution >= 0.6 is 0 Å². The fourth-order valence-electron chi connectivity index (χ4n) is 1.85. The summed E-state index contributed by atoms with van der Waals surface area (Å²) in [5.41, 5.74) is 2.73. The number of rotatable bonds is 6. The molecule has 0 saturated carbocycles. The lowest BCUT2D eigenvalue weighted by atomic mass is 10.2. The van der Waals surface area contributed by atoms with E-state index in [0.717, 1.165) is 16.9 Å². The van der Waals surface area contributed by atoms with Crippen molar-refractivity contribution in [3.05, 3.63) is 60.2 Å². The van der Waals surface area contributed by atoms with Crippen LogP contribution in [0.2, 0.25) is 0 Å². The highest BCUT2D eigenvalue weighted by Crippen LogP contribution is 2.11. The highest BCUT2D eigenvalue weighted by molar-refractivity contribution is 5.93. The van der Waals surface area contributed by atoms with Crippen molar-refractivity contribution < 1.29 is 9.53 Å². The van der Waals surface area contributed by atoms with Gasteiger partial charge in [0.25, 0.3) is 0 Å². The van der Waals surface area contributed by atoms with Gasteiger partial charge in [0.1, 0.15) is 0 Å². The van der Waals surface area contributed by atoms with Crippen LogP contribution in [0.5, 0.6) is 0 Å². The molecular formula is C16H18N2O2. The van der Waals surface area contributed by atoms with E-state index >= 15 is 0 Å². The minimum absolute atomic E-state index is 0.0802. The van der Waals surface area contributed by atoms with Crippen LogP contribution in [0.4, 0.5) is 11.4 Å². The van der Waals surface area contributed by atoms with E-state index in [2.05, 4.69) is 10.6 Å². The third kappa shape index (κ3) is 4.40. The van der Waals surface area contributed by atoms with Crippen LogP contribution in [-0.4, -0.2) is 19.6 Å². The number of carbonyl (C=O) groups is 1. The molecule has 0 unspecified atom stereocenters. The lowest BCUT2D eigenvalue weighted by Crippen LogP contribution is -2.21. The molecule has 0 atom stereocenters. The van der Waals surface area contributed by atoms with Gasteiger partial charge in [0.05, 0.1) is 13.2 Å². The maximum absolute atomic E-state index is 11.9. The van der Waals surface area contributed by atoms with Gasteiger partial charge in [0.2, 0.25) is 5.91 Å². The lowest BCUT2D eigenvalue weighted by Gasteiger charge is -2.09. The first kappa shape index (κ1) is 14.1. The first-order chi connectivity index (χ1) is 9.78. The predicted molar refractivity (Wildman–Crippen MR) is 80.7 cm³/mol. The Labute approximate surface area is 118 Å². The number of nitrogens with one attached hydrogen (secondary N) is 2. The summed E-state index contributed by atoms with van der Waals surface area (Å²) in [6.45, 7) is 0.768. The van der Waals surface area contributed by atoms with Crippen molar-refractivity contribution in [2.24, 2.45) is 0 Å². The van der Waals surface area contributed by atoms with Gasteiger partial charge in [-0.1, -0.05) is 30.3 Å². The Kier molecular flexibility index (Phi) is 5.15. The van der Waals surface area contributed by atoms with Crippen LogP contribution in [0.15, 0.2) is 54.6 Å². The largest absolute Gasteiger partial charge is 0.380 e. The van der Waals surface area contributed by atoms with Gasteiger partial charge in [-0.05, 0) is 29.8 Å². The van der Waals surface area contributed by atoms with E-state index in [1.165, 1.54) is 0 Å². The highest BCUT2D eigenvalue weighted by Gasteiger charge is 2.02. The van der Waals surface area contributed by atoms with Crippen LogP contribution in [0.3, 0.4) is 0 Å². The summed E-state index contributed by atoms with van der Waals surface area (Å²) in [4.78, 5) is 11.9. The molecule has 0 spiro atoms. The molecule has 0 radical (unpaired) electrons. The second-order valence-corrected chi connectivity index (χ2v) is 4.40. The van der Waals surface area contributed by atoms with Crippen molar-refractivity contribution in [3.63, 3.8) is 0 Å². The lowest BCUT2D eigenvalue weighted by molar-refractivity contribution is -0.114. The zero-order valence-electron chi connectivity index (χ0n) is 11.4. The minimum Gasteiger partial charge on any atom is -0.380 e. The molecule has 0 aromatic heterocycles. The smallest absolute Gasteiger partial charge is 0.243 e. The highest BCUT2D eigenvalue weighted by atomic mass is 16.5. The van der Waals surface area contributed by atoms with Gasteiger partial charge in [-0.25, -0.2) is 0 Å². The van der Waals surface area contributed by atoms with Crippen LogP contribution in [0, 0.1) is 0 Å². The van der Waals surface area contributed by atoms with Crippen molar-refractivity contribution in [2.45, 2.75) is 6.61 Å². The van der Waals surface area contributed by atoms with Crippen LogP contribution in [0.25, 0.3) is 0 Å². The second kappa shape index (κ2) is 7.31. The topological polar surface area (TPSA) is 50.4 Å². The second-order valence-electron chi connectivity index (χ2n) is 4.40. The van der Waals surface area contributed by atoms with Gasteiger partial charge in [-0.3, -0.25) is 4.79 Å². The Balaban J connectivity index is 1.86. The molecule has 104 valence electrons. The van der Waals surface area contributed by atoms with Crippen LogP contribution in [-0.2, 0) is 16.1 Å². The normalized spacial score (nSPS) is 10.1. The zero-order valence-corrected chi connectivity index (χ0v) is 11.4. The molecular weight excluding hydrogens is 252 g/mol. The van der Waals surface area contributed by atoms with Crippen molar-refractivity contribution in [3.8, 4) is 0 Å². The fraction of sp³-hybridized carbons (Fsp3) is 0.188. The molecule has 2 N–H and O–H groups in total. The molecule has 0 aliphatic rings. The van der Waals surface area contributed by atoms with Crippen molar-refractivity contribution in [2.75, 3.05) is 24.3 Å². The van der Waals surface area contributed by atoms with Crippen LogP contribution in [0.1, 0.15) is 5.56 Å². The Morgan fingerprint density at radius 1 is 1.05 bits per heavy atom. The molecule has 2 aromatic rings. The van der Waals surface area contributed by atoms with E-state index in [1.54, 1.807) is 7.11 Å². The number of benzene rings is 2. The average molecular weight is 270 g/mol. The summed E-state index contributed by atoms with van der Waals surface area (Å²) < 4.78 is 5.07. The predicted octanol–water partition coefficient (Wildman–Crippen LogP) is 2.88. The first-order valence-corrected chi connectivity index (χ1v) is 6.44. The molecule has 4 heteroatoms. The van der Waals surface area contributed by atoms with Gasteiger partial charge in [-0.2, -0.15) is 0 Å². The molecule has 0 heterocycles. The quantitative estimate of drug-likeness (QED) is 0.848. The van der Waals surface area contributed by atoms with Gasteiger partial charge in [0.15, 0.2) is 0 Å². The van der Waals surface area contributed by atoms with E-state index in [-0.39, 0.29) is 12.5 Å². The Morgan fingerprint density at radius 3 is 2.55 bits per heavy atom. The number of carbonyl (C=O) groups excluding carboxylic acids is 1. The van der Waals surface area contributed by atoms with Gasteiger partial charge in [0, 0.05) is 18.5 Å². The van der Waals surface area contributed by atoms with Crippen molar-refractivity contribution in [1.29, 1.82) is 0 Å². The van der Waals surface area contributed by atoms with Crippen molar-refractivity contribution in [1.82, 2.24) is 0 Å². The summed E-state index contributed by atoms with van der Waals surface area (Å²) >= 11 is 0. The molecule has 0 saturated heterocycles. The van der Waals surface area contributed by atoms with E-state index in [9.17, 15) is 4.79 Å². The SMILES string of the molecule is COCc1cccc(NC(=O)CNc2ccccc2)c1. The number of ether oxygens (including phenoxy) is 1. The third-order valence-electron chi connectivity index (χ3n) is 2.75. The van der Waals surface area contributed by atoms with E-state index in [0.29, 0.717) is 6.61 Å². The Hall–Kier alpha value is -2.33. The molecule has 0 aliphatic heterocycles. The van der Waals surface area contributed by atoms with Gasteiger partial charge < -0.3 is 15.4 Å². The number of para-hydroxylation sites is 1. The summed E-state index contributed by atoms with van der Waals surface area (Å²) in [7, 11) is 1.65. The zero-order chi connectivity index (χ0) is 14.2. The van der Waals surface area contributed by atoms with E-state index in [1.807, 2.05) is 54.6 Å². The number of methoxy groups -OCH3 is 1. The van der Waals surface area contributed by atoms with E-state index in [4.69, 9.17) is 4.74 Å². The molecule has 2 rings (SSSR count). The molecule has 0 fully saturated rings. The molecule has 0 aliphatic carbocycles. The number of amides is 1. The van der Waals surface area contributed by atoms with Crippen molar-refractivity contribution >= 4 is 17.3 Å². The molecule has 0 bridgehead atoms. The molecule has 20 heavy (non-hydrogen) atoms. The summed E-state index contributed by atoms with van der Waals surface area (Å²) in [6.07, 6.45) is 0. The Bertz CT molecular complexity index is 555. The maximum Gasteiger partial charge on any atom is 0.243 e. The third-order valence-corrected chi connectivity index (χ3v) is 2.75. The fourth-order valence-corrected chi connectivity index (χ4v) is 1.85. The number of hydrogen-bond donors (Lipinski definition) is 2. The summed E-state index contributed by atoms with van der Waals surface area (Å²) in [5, 5.41) is 5.92. The van der Waals surface area contributed by atoms with Crippen LogP contribution < -0.4 is 10.6 Å². The van der Waals surface area contributed by atoms with Gasteiger partial charge >= 0.3 is 0 Å². The maximum atomic E-state index is 11.9. The Morgan fingerprint density at radius 2 is 1.80 bits per heavy atom. The number of anilines is 2. The molecule has 1 amide bonds. The number of hydrogen-bond acceptors (Lipinski definition) is 3. The minimum atomic E-state index is -0.0802. The molecule has 4 nitrogen and oxygen atoms in total. The first-order valence-electron chi connectivity index (χ1n) is 6.44. The monoisotopic (exact) mass is 270 g/mol. The summed E-state index contributed by atoms with van der Waals surface area (Å²) in [5.74, 6) is -0.0802.